The van der Waals surface area contributed by atoms with Gasteiger partial charge in [0.1, 0.15) is 11.9 Å². The van der Waals surface area contributed by atoms with Gasteiger partial charge in [-0.3, -0.25) is 34.9 Å². The van der Waals surface area contributed by atoms with E-state index in [1.54, 1.807) is 29.2 Å². The summed E-state index contributed by atoms with van der Waals surface area (Å²) in [6.07, 6.45) is 2.90. The Morgan fingerprint density at radius 3 is 1.97 bits per heavy atom. The maximum absolute atomic E-state index is 13.0. The number of rotatable bonds is 9. The standard InChI is InChI=1S/C21H22N4O5/c1-2-3-4-20-22-19(13-15-5-9-17(10-6-15)24(27)28)21(26)23(20)14-16-7-11-18(12-8-16)25(29)30/h5-12,19H,2-4,13-14H2,1H3. The van der Waals surface area contributed by atoms with E-state index in [1.165, 1.54) is 24.3 Å². The lowest BCUT2D eigenvalue weighted by atomic mass is 10.1. The zero-order chi connectivity index (χ0) is 21.7. The summed E-state index contributed by atoms with van der Waals surface area (Å²) in [7, 11) is 0. The van der Waals surface area contributed by atoms with Crippen molar-refractivity contribution in [3.8, 4) is 0 Å². The van der Waals surface area contributed by atoms with Crippen LogP contribution in [0.1, 0.15) is 37.3 Å². The average molecular weight is 410 g/mol. The highest BCUT2D eigenvalue weighted by Gasteiger charge is 2.34. The minimum Gasteiger partial charge on any atom is -0.294 e. The molecular weight excluding hydrogens is 388 g/mol. The summed E-state index contributed by atoms with van der Waals surface area (Å²) in [6.45, 7) is 2.36. The predicted molar refractivity (Wildman–Crippen MR) is 111 cm³/mol. The van der Waals surface area contributed by atoms with Gasteiger partial charge in [0.2, 0.25) is 0 Å². The molecule has 30 heavy (non-hydrogen) atoms. The van der Waals surface area contributed by atoms with E-state index in [2.05, 4.69) is 11.9 Å². The highest BCUT2D eigenvalue weighted by atomic mass is 16.6. The molecule has 0 saturated carbocycles. The van der Waals surface area contributed by atoms with Gasteiger partial charge >= 0.3 is 0 Å². The summed E-state index contributed by atoms with van der Waals surface area (Å²) >= 11 is 0. The van der Waals surface area contributed by atoms with Crippen molar-refractivity contribution in [3.05, 3.63) is 79.9 Å². The van der Waals surface area contributed by atoms with Crippen LogP contribution in [0, 0.1) is 20.2 Å². The van der Waals surface area contributed by atoms with E-state index in [-0.39, 0.29) is 17.3 Å². The van der Waals surface area contributed by atoms with Gasteiger partial charge in [-0.25, -0.2) is 0 Å². The van der Waals surface area contributed by atoms with Crippen LogP contribution in [-0.2, 0) is 17.8 Å². The SMILES string of the molecule is CCCCC1=NC(Cc2ccc([N+](=O)[O-])cc2)C(=O)N1Cc1ccc([N+](=O)[O-])cc1. The molecule has 9 heteroatoms. The topological polar surface area (TPSA) is 119 Å². The molecule has 9 nitrogen and oxygen atoms in total. The maximum atomic E-state index is 13.0. The number of hydrogen-bond donors (Lipinski definition) is 0. The Hall–Kier alpha value is -3.62. The van der Waals surface area contributed by atoms with Crippen molar-refractivity contribution in [3.63, 3.8) is 0 Å². The van der Waals surface area contributed by atoms with Gasteiger partial charge in [0.25, 0.3) is 17.3 Å². The molecule has 0 radical (unpaired) electrons. The lowest BCUT2D eigenvalue weighted by molar-refractivity contribution is -0.385. The third kappa shape index (κ3) is 4.86. The van der Waals surface area contributed by atoms with Crippen LogP contribution in [0.5, 0.6) is 0 Å². The van der Waals surface area contributed by atoms with Gasteiger partial charge in [-0.15, -0.1) is 0 Å². The smallest absolute Gasteiger partial charge is 0.269 e. The van der Waals surface area contributed by atoms with E-state index in [0.717, 1.165) is 24.0 Å². The molecule has 2 aromatic rings. The molecule has 0 aromatic heterocycles. The van der Waals surface area contributed by atoms with E-state index in [1.807, 2.05) is 0 Å². The van der Waals surface area contributed by atoms with Crippen LogP contribution in [-0.4, -0.2) is 32.5 Å². The summed E-state index contributed by atoms with van der Waals surface area (Å²) in [5.41, 5.74) is 1.59. The highest BCUT2D eigenvalue weighted by Crippen LogP contribution is 2.23. The number of benzene rings is 2. The Bertz CT molecular complexity index is 970. The third-order valence-electron chi connectivity index (χ3n) is 4.99. The van der Waals surface area contributed by atoms with Crippen LogP contribution >= 0.6 is 0 Å². The Kier molecular flexibility index (Phi) is 6.51. The fourth-order valence-corrected chi connectivity index (χ4v) is 3.33. The molecule has 1 heterocycles. The van der Waals surface area contributed by atoms with Crippen LogP contribution in [0.3, 0.4) is 0 Å². The second-order valence-electron chi connectivity index (χ2n) is 7.14. The number of amidine groups is 1. The fraction of sp³-hybridized carbons (Fsp3) is 0.333. The van der Waals surface area contributed by atoms with E-state index >= 15 is 0 Å². The first-order valence-electron chi connectivity index (χ1n) is 9.73. The molecule has 1 unspecified atom stereocenters. The fourth-order valence-electron chi connectivity index (χ4n) is 3.33. The van der Waals surface area contributed by atoms with Crippen LogP contribution < -0.4 is 0 Å². The van der Waals surface area contributed by atoms with Gasteiger partial charge in [-0.05, 0) is 17.5 Å². The van der Waals surface area contributed by atoms with Crippen molar-refractivity contribution < 1.29 is 14.6 Å². The lowest BCUT2D eigenvalue weighted by Crippen LogP contribution is -2.35. The zero-order valence-corrected chi connectivity index (χ0v) is 16.6. The maximum Gasteiger partial charge on any atom is 0.269 e. The van der Waals surface area contributed by atoms with E-state index < -0.39 is 15.9 Å². The molecule has 0 bridgehead atoms. The normalized spacial score (nSPS) is 15.9. The number of nitro groups is 2. The molecule has 1 amide bonds. The number of amides is 1. The number of hydrogen-bond acceptors (Lipinski definition) is 6. The first kappa shape index (κ1) is 21.1. The number of aliphatic imine (C=N–C) groups is 1. The van der Waals surface area contributed by atoms with Crippen molar-refractivity contribution >= 4 is 23.1 Å². The first-order valence-corrected chi connectivity index (χ1v) is 9.73. The van der Waals surface area contributed by atoms with Crippen LogP contribution in [0.15, 0.2) is 53.5 Å². The number of nitrogens with zero attached hydrogens (tertiary/aromatic N) is 4. The average Bonchev–Trinajstić information content (AvgIpc) is 3.02. The summed E-state index contributed by atoms with van der Waals surface area (Å²) in [5.74, 6) is 0.588. The van der Waals surface area contributed by atoms with Gasteiger partial charge in [0.05, 0.1) is 16.4 Å². The monoisotopic (exact) mass is 410 g/mol. The van der Waals surface area contributed by atoms with Gasteiger partial charge < -0.3 is 0 Å². The van der Waals surface area contributed by atoms with Crippen LogP contribution in [0.25, 0.3) is 0 Å². The molecule has 0 aliphatic carbocycles. The van der Waals surface area contributed by atoms with Crippen LogP contribution in [0.2, 0.25) is 0 Å². The van der Waals surface area contributed by atoms with Crippen molar-refractivity contribution in [2.24, 2.45) is 4.99 Å². The largest absolute Gasteiger partial charge is 0.294 e. The Morgan fingerprint density at radius 2 is 1.47 bits per heavy atom. The first-order chi connectivity index (χ1) is 14.4. The lowest BCUT2D eigenvalue weighted by Gasteiger charge is -2.19. The number of carbonyl (C=O) groups is 1. The van der Waals surface area contributed by atoms with E-state index in [4.69, 9.17) is 0 Å². The number of carbonyl (C=O) groups excluding carboxylic acids is 1. The molecule has 0 spiro atoms. The molecule has 3 rings (SSSR count). The van der Waals surface area contributed by atoms with E-state index in [0.29, 0.717) is 25.2 Å². The predicted octanol–water partition coefficient (Wildman–Crippen LogP) is 4.05. The Balaban J connectivity index is 1.76. The number of nitro benzene ring substituents is 2. The summed E-state index contributed by atoms with van der Waals surface area (Å²) in [5, 5.41) is 21.7. The molecule has 1 atom stereocenters. The molecule has 1 aliphatic rings. The molecule has 1 aliphatic heterocycles. The molecule has 0 saturated heterocycles. The number of non-ortho nitro benzene ring substituents is 2. The van der Waals surface area contributed by atoms with Crippen molar-refractivity contribution in [1.29, 1.82) is 0 Å². The second kappa shape index (κ2) is 9.25. The summed E-state index contributed by atoms with van der Waals surface area (Å²) in [6, 6.07) is 11.7. The third-order valence-corrected chi connectivity index (χ3v) is 4.99. The van der Waals surface area contributed by atoms with Gasteiger partial charge in [-0.2, -0.15) is 0 Å². The minimum absolute atomic E-state index is 0.00224. The summed E-state index contributed by atoms with van der Waals surface area (Å²) in [4.78, 5) is 40.0. The highest BCUT2D eigenvalue weighted by molar-refractivity contribution is 6.05. The van der Waals surface area contributed by atoms with Crippen LogP contribution in [0.4, 0.5) is 11.4 Å². The second-order valence-corrected chi connectivity index (χ2v) is 7.14. The molecule has 2 aromatic carbocycles. The summed E-state index contributed by atoms with van der Waals surface area (Å²) < 4.78 is 0. The van der Waals surface area contributed by atoms with Gasteiger partial charge in [-0.1, -0.05) is 37.6 Å². The quantitative estimate of drug-likeness (QED) is 0.456. The Labute approximate surface area is 173 Å². The van der Waals surface area contributed by atoms with Crippen molar-refractivity contribution in [2.45, 2.75) is 45.2 Å². The van der Waals surface area contributed by atoms with Crippen molar-refractivity contribution in [1.82, 2.24) is 4.90 Å². The molecule has 0 N–H and O–H groups in total. The molecule has 156 valence electrons. The van der Waals surface area contributed by atoms with Crippen molar-refractivity contribution in [2.75, 3.05) is 0 Å². The van der Waals surface area contributed by atoms with Gasteiger partial charge in [0.15, 0.2) is 0 Å². The minimum atomic E-state index is -0.573. The molecular formula is C21H22N4O5. The van der Waals surface area contributed by atoms with E-state index in [9.17, 15) is 25.0 Å². The molecule has 0 fully saturated rings. The van der Waals surface area contributed by atoms with Gasteiger partial charge in [0, 0.05) is 37.1 Å². The zero-order valence-electron chi connectivity index (χ0n) is 16.6. The number of unbranched alkanes of at least 4 members (excludes halogenated alkanes) is 1. The Morgan fingerprint density at radius 1 is 0.933 bits per heavy atom.